The van der Waals surface area contributed by atoms with Gasteiger partial charge >= 0.3 is 0 Å². The van der Waals surface area contributed by atoms with Crippen molar-refractivity contribution in [2.24, 2.45) is 0 Å². The first kappa shape index (κ1) is 40.9. The Morgan fingerprint density at radius 2 is 0.393 bits per heavy atom. The fourth-order valence-corrected chi connectivity index (χ4v) is 18.9. The smallest absolute Gasteiger partial charge is 0.0623 e. The highest BCUT2D eigenvalue weighted by Crippen LogP contribution is 2.40. The molecular formula is C57H48P3Si. The summed E-state index contributed by atoms with van der Waals surface area (Å²) in [6, 6.07) is 95.8. The second-order valence-electron chi connectivity index (χ2n) is 15.1. The molecule has 0 bridgehead atoms. The summed E-state index contributed by atoms with van der Waals surface area (Å²) in [6.45, 7) is 0. The molecule has 4 heteroatoms. The van der Waals surface area contributed by atoms with E-state index in [0.29, 0.717) is 0 Å². The number of rotatable bonds is 15. The summed E-state index contributed by atoms with van der Waals surface area (Å²) in [4.78, 5) is 0. The van der Waals surface area contributed by atoms with Crippen LogP contribution >= 0.6 is 23.8 Å². The van der Waals surface area contributed by atoms with Crippen LogP contribution in [0.15, 0.2) is 255 Å². The Balaban J connectivity index is 1.22. The molecule has 0 fully saturated rings. The average Bonchev–Trinajstić information content (AvgIpc) is 3.34. The minimum Gasteiger partial charge on any atom is -0.0623 e. The molecule has 0 saturated heterocycles. The van der Waals surface area contributed by atoms with Crippen LogP contribution in [0.2, 0.25) is 0 Å². The molecule has 9 aromatic rings. The van der Waals surface area contributed by atoms with E-state index in [1.54, 1.807) is 0 Å². The minimum atomic E-state index is -1.56. The fraction of sp³-hybridized carbons (Fsp3) is 0.0526. The lowest BCUT2D eigenvalue weighted by molar-refractivity contribution is 1.40. The van der Waals surface area contributed by atoms with E-state index in [4.69, 9.17) is 0 Å². The van der Waals surface area contributed by atoms with Crippen LogP contribution in [-0.4, -0.2) is 8.80 Å². The molecule has 9 rings (SSSR count). The predicted molar refractivity (Wildman–Crippen MR) is 272 cm³/mol. The Labute approximate surface area is 367 Å². The van der Waals surface area contributed by atoms with Gasteiger partial charge in [0.15, 0.2) is 8.80 Å². The zero-order chi connectivity index (χ0) is 41.1. The van der Waals surface area contributed by atoms with Crippen molar-refractivity contribution < 1.29 is 0 Å². The molecule has 0 aliphatic carbocycles. The van der Waals surface area contributed by atoms with Crippen LogP contribution < -0.4 is 47.4 Å². The summed E-state index contributed by atoms with van der Waals surface area (Å²) in [7, 11) is -3.50. The molecule has 61 heavy (non-hydrogen) atoms. The molecule has 0 aromatic heterocycles. The van der Waals surface area contributed by atoms with E-state index < -0.39 is 32.6 Å². The van der Waals surface area contributed by atoms with E-state index in [9.17, 15) is 0 Å². The first-order chi connectivity index (χ1) is 30.3. The van der Waals surface area contributed by atoms with Crippen LogP contribution in [0.3, 0.4) is 0 Å². The lowest BCUT2D eigenvalue weighted by atomic mass is 10.2. The maximum absolute atomic E-state index is 2.48. The van der Waals surface area contributed by atoms with Gasteiger partial charge in [0.2, 0.25) is 0 Å². The Kier molecular flexibility index (Phi) is 13.6. The average molecular weight is 854 g/mol. The molecule has 0 N–H and O–H groups in total. The standard InChI is InChI=1S/C57H48P3Si/c1-7-28-49(29-8-1)58(50-30-9-2-10-31-50)43-46-25-19-22-40-55(46)61(56-41-23-20-26-47(56)44-59(51-32-11-3-12-33-51)52-34-13-4-14-35-52)57-42-24-21-27-48(57)45-60(53-36-15-5-16-37-53)54-38-17-6-18-39-54/h1-42H,43-45H2. The summed E-state index contributed by atoms with van der Waals surface area (Å²) in [5.41, 5.74) is 4.38. The van der Waals surface area contributed by atoms with Gasteiger partial charge in [-0.25, -0.2) is 0 Å². The second-order valence-corrected chi connectivity index (χ2v) is 24.1. The van der Waals surface area contributed by atoms with E-state index in [2.05, 4.69) is 255 Å². The van der Waals surface area contributed by atoms with Crippen molar-refractivity contribution in [2.75, 3.05) is 0 Å². The molecule has 0 saturated carbocycles. The Morgan fingerprint density at radius 3 is 0.607 bits per heavy atom. The molecule has 0 nitrogen and oxygen atoms in total. The summed E-state index contributed by atoms with van der Waals surface area (Å²) in [6.07, 6.45) is 2.96. The van der Waals surface area contributed by atoms with Crippen LogP contribution in [-0.2, 0) is 18.5 Å². The molecule has 0 amide bonds. The summed E-state index contributed by atoms with van der Waals surface area (Å²) >= 11 is 0. The van der Waals surface area contributed by atoms with E-state index in [0.717, 1.165) is 18.5 Å². The lowest BCUT2D eigenvalue weighted by Crippen LogP contribution is -2.55. The summed E-state index contributed by atoms with van der Waals surface area (Å²) in [5, 5.41) is 13.0. The highest BCUT2D eigenvalue weighted by atomic mass is 31.1. The van der Waals surface area contributed by atoms with Gasteiger partial charge in [-0.15, -0.1) is 0 Å². The van der Waals surface area contributed by atoms with E-state index in [-0.39, 0.29) is 0 Å². The third-order valence-electron chi connectivity index (χ3n) is 11.3. The van der Waals surface area contributed by atoms with Crippen LogP contribution in [0.4, 0.5) is 0 Å². The SMILES string of the molecule is c1ccc(P(Cc2ccccc2[Si](c2ccccc2CP(c2ccccc2)c2ccccc2)c2ccccc2CP(c2ccccc2)c2ccccc2)c2ccccc2)cc1. The molecule has 0 heterocycles. The van der Waals surface area contributed by atoms with Gasteiger partial charge < -0.3 is 0 Å². The largest absolute Gasteiger partial charge is 0.155 e. The second kappa shape index (κ2) is 20.4. The van der Waals surface area contributed by atoms with Gasteiger partial charge in [0, 0.05) is 18.5 Å². The molecule has 295 valence electrons. The third kappa shape index (κ3) is 9.84. The predicted octanol–water partition coefficient (Wildman–Crippen LogP) is 10.1. The molecule has 0 unspecified atom stereocenters. The first-order valence-corrected chi connectivity index (χ1v) is 27.1. The van der Waals surface area contributed by atoms with E-state index >= 15 is 0 Å². The number of hydrogen-bond donors (Lipinski definition) is 0. The molecule has 0 spiro atoms. The molecule has 0 aliphatic rings. The maximum Gasteiger partial charge on any atom is 0.155 e. The molecule has 1 radical (unpaired) electrons. The van der Waals surface area contributed by atoms with E-state index in [1.807, 2.05) is 0 Å². The molecular weight excluding hydrogens is 806 g/mol. The van der Waals surface area contributed by atoms with Gasteiger partial charge in [-0.05, 0) is 87.8 Å². The van der Waals surface area contributed by atoms with Crippen LogP contribution in [0, 0.1) is 0 Å². The van der Waals surface area contributed by atoms with Gasteiger partial charge in [-0.1, -0.05) is 255 Å². The first-order valence-electron chi connectivity index (χ1n) is 21.0. The lowest BCUT2D eigenvalue weighted by Gasteiger charge is -2.29. The Bertz CT molecular complexity index is 2310. The van der Waals surface area contributed by atoms with Crippen LogP contribution in [0.25, 0.3) is 0 Å². The normalized spacial score (nSPS) is 11.4. The van der Waals surface area contributed by atoms with Gasteiger partial charge in [0.05, 0.1) is 0 Å². The topological polar surface area (TPSA) is 0 Å². The van der Waals surface area contributed by atoms with Crippen molar-refractivity contribution in [3.63, 3.8) is 0 Å². The van der Waals surface area contributed by atoms with Crippen molar-refractivity contribution in [1.29, 1.82) is 0 Å². The van der Waals surface area contributed by atoms with Crippen LogP contribution in [0.5, 0.6) is 0 Å². The highest BCUT2D eigenvalue weighted by molar-refractivity contribution is 7.73. The fourth-order valence-electron chi connectivity index (χ4n) is 8.30. The van der Waals surface area contributed by atoms with Crippen molar-refractivity contribution >= 4 is 79.9 Å². The van der Waals surface area contributed by atoms with Gasteiger partial charge in [0.1, 0.15) is 0 Å². The highest BCUT2D eigenvalue weighted by Gasteiger charge is 2.30. The monoisotopic (exact) mass is 853 g/mol. The van der Waals surface area contributed by atoms with Gasteiger partial charge in [-0.3, -0.25) is 0 Å². The van der Waals surface area contributed by atoms with E-state index in [1.165, 1.54) is 64.1 Å². The maximum atomic E-state index is 2.48. The third-order valence-corrected chi connectivity index (χ3v) is 21.8. The zero-order valence-electron chi connectivity index (χ0n) is 34.2. The number of hydrogen-bond acceptors (Lipinski definition) is 0. The molecule has 0 aliphatic heterocycles. The Morgan fingerprint density at radius 1 is 0.213 bits per heavy atom. The van der Waals surface area contributed by atoms with Crippen molar-refractivity contribution in [3.8, 4) is 0 Å². The van der Waals surface area contributed by atoms with Gasteiger partial charge in [0.25, 0.3) is 0 Å². The Hall–Kier alpha value is -5.51. The van der Waals surface area contributed by atoms with Crippen molar-refractivity contribution in [3.05, 3.63) is 271 Å². The van der Waals surface area contributed by atoms with Gasteiger partial charge in [-0.2, -0.15) is 0 Å². The molecule has 0 atom stereocenters. The quantitative estimate of drug-likeness (QED) is 0.0548. The zero-order valence-corrected chi connectivity index (χ0v) is 37.9. The van der Waals surface area contributed by atoms with Crippen LogP contribution in [0.1, 0.15) is 16.7 Å². The summed E-state index contributed by atoms with van der Waals surface area (Å²) < 4.78 is 0. The number of benzene rings is 9. The minimum absolute atomic E-state index is 0.648. The van der Waals surface area contributed by atoms with Crippen molar-refractivity contribution in [1.82, 2.24) is 0 Å². The summed E-state index contributed by atoms with van der Waals surface area (Å²) in [5.74, 6) is 0. The van der Waals surface area contributed by atoms with Crippen molar-refractivity contribution in [2.45, 2.75) is 18.5 Å². The molecule has 9 aromatic carbocycles.